The van der Waals surface area contributed by atoms with Crippen molar-refractivity contribution in [3.63, 3.8) is 0 Å². The SMILES string of the molecule is Cc1cc(C(Br)c2ccc3c(c2)CC(=O)N3)ccc1F. The molecule has 1 amide bonds. The molecule has 0 saturated carbocycles. The summed E-state index contributed by atoms with van der Waals surface area (Å²) in [6.07, 6.45) is 0.422. The fourth-order valence-electron chi connectivity index (χ4n) is 2.42. The zero-order valence-corrected chi connectivity index (χ0v) is 12.5. The Kier molecular flexibility index (Phi) is 3.34. The van der Waals surface area contributed by atoms with Gasteiger partial charge in [0.1, 0.15) is 5.82 Å². The van der Waals surface area contributed by atoms with Crippen LogP contribution in [0.25, 0.3) is 0 Å². The molecule has 0 bridgehead atoms. The summed E-state index contributed by atoms with van der Waals surface area (Å²) in [6, 6.07) is 11.0. The van der Waals surface area contributed by atoms with E-state index in [1.54, 1.807) is 13.0 Å². The molecule has 1 atom stereocenters. The number of aryl methyl sites for hydroxylation is 1. The van der Waals surface area contributed by atoms with Crippen LogP contribution in [0.1, 0.15) is 27.1 Å². The predicted molar refractivity (Wildman–Crippen MR) is 80.7 cm³/mol. The molecule has 0 aliphatic carbocycles. The highest BCUT2D eigenvalue weighted by Crippen LogP contribution is 2.34. The van der Waals surface area contributed by atoms with Crippen molar-refractivity contribution in [3.8, 4) is 0 Å². The topological polar surface area (TPSA) is 29.1 Å². The van der Waals surface area contributed by atoms with E-state index >= 15 is 0 Å². The maximum atomic E-state index is 13.3. The van der Waals surface area contributed by atoms with E-state index in [1.807, 2.05) is 24.3 Å². The average molecular weight is 334 g/mol. The molecule has 2 nitrogen and oxygen atoms in total. The van der Waals surface area contributed by atoms with Gasteiger partial charge in [-0.25, -0.2) is 4.39 Å². The minimum atomic E-state index is -0.197. The van der Waals surface area contributed by atoms with Gasteiger partial charge >= 0.3 is 0 Å². The van der Waals surface area contributed by atoms with Crippen LogP contribution in [0.15, 0.2) is 36.4 Å². The first kappa shape index (κ1) is 13.3. The molecular weight excluding hydrogens is 321 g/mol. The Labute approximate surface area is 125 Å². The lowest BCUT2D eigenvalue weighted by Gasteiger charge is -2.13. The number of fused-ring (bicyclic) bond motifs is 1. The Balaban J connectivity index is 1.94. The maximum Gasteiger partial charge on any atom is 0.228 e. The summed E-state index contributed by atoms with van der Waals surface area (Å²) in [6.45, 7) is 1.75. The molecule has 0 fully saturated rings. The molecule has 4 heteroatoms. The lowest BCUT2D eigenvalue weighted by Crippen LogP contribution is -2.03. The number of rotatable bonds is 2. The Bertz CT molecular complexity index is 699. The molecule has 1 heterocycles. The molecular formula is C16H13BrFNO. The molecule has 102 valence electrons. The summed E-state index contributed by atoms with van der Waals surface area (Å²) < 4.78 is 13.3. The molecule has 3 rings (SSSR count). The average Bonchev–Trinajstić information content (AvgIpc) is 2.80. The Morgan fingerprint density at radius 2 is 1.90 bits per heavy atom. The van der Waals surface area contributed by atoms with Gasteiger partial charge in [-0.1, -0.05) is 40.2 Å². The fraction of sp³-hybridized carbons (Fsp3) is 0.188. The smallest absolute Gasteiger partial charge is 0.228 e. The van der Waals surface area contributed by atoms with Crippen molar-refractivity contribution in [2.75, 3.05) is 5.32 Å². The quantitative estimate of drug-likeness (QED) is 0.823. The molecule has 0 saturated heterocycles. The van der Waals surface area contributed by atoms with Gasteiger partial charge < -0.3 is 5.32 Å². The predicted octanol–water partition coefficient (Wildman–Crippen LogP) is 4.11. The number of alkyl halides is 1. The van der Waals surface area contributed by atoms with Crippen LogP contribution < -0.4 is 5.32 Å². The minimum absolute atomic E-state index is 0.0113. The second kappa shape index (κ2) is 5.02. The van der Waals surface area contributed by atoms with Gasteiger partial charge in [0.15, 0.2) is 0 Å². The summed E-state index contributed by atoms with van der Waals surface area (Å²) in [7, 11) is 0. The van der Waals surface area contributed by atoms with Gasteiger partial charge in [0, 0.05) is 5.69 Å². The molecule has 20 heavy (non-hydrogen) atoms. The van der Waals surface area contributed by atoms with Crippen molar-refractivity contribution in [1.29, 1.82) is 0 Å². The highest BCUT2D eigenvalue weighted by atomic mass is 79.9. The van der Waals surface area contributed by atoms with Gasteiger partial charge in [0.25, 0.3) is 0 Å². The highest BCUT2D eigenvalue weighted by Gasteiger charge is 2.20. The number of halogens is 2. The van der Waals surface area contributed by atoms with Gasteiger partial charge in [0.05, 0.1) is 11.2 Å². The summed E-state index contributed by atoms with van der Waals surface area (Å²) in [5, 5.41) is 2.82. The van der Waals surface area contributed by atoms with Crippen LogP contribution in [0.4, 0.5) is 10.1 Å². The van der Waals surface area contributed by atoms with Gasteiger partial charge in [-0.2, -0.15) is 0 Å². The van der Waals surface area contributed by atoms with E-state index in [4.69, 9.17) is 0 Å². The van der Waals surface area contributed by atoms with Crippen LogP contribution >= 0.6 is 15.9 Å². The third kappa shape index (κ3) is 2.36. The van der Waals surface area contributed by atoms with E-state index in [9.17, 15) is 9.18 Å². The summed E-state index contributed by atoms with van der Waals surface area (Å²) in [5.74, 6) is -0.168. The van der Waals surface area contributed by atoms with Crippen LogP contribution in [-0.2, 0) is 11.2 Å². The Hall–Kier alpha value is -1.68. The number of amides is 1. The van der Waals surface area contributed by atoms with Crippen molar-refractivity contribution in [1.82, 2.24) is 0 Å². The van der Waals surface area contributed by atoms with Crippen LogP contribution in [0.2, 0.25) is 0 Å². The van der Waals surface area contributed by atoms with Gasteiger partial charge in [-0.05, 0) is 41.3 Å². The van der Waals surface area contributed by atoms with Crippen LogP contribution in [0, 0.1) is 12.7 Å². The molecule has 1 aliphatic heterocycles. The molecule has 2 aromatic carbocycles. The van der Waals surface area contributed by atoms with E-state index in [1.165, 1.54) is 6.07 Å². The highest BCUT2D eigenvalue weighted by molar-refractivity contribution is 9.09. The number of carbonyl (C=O) groups excluding carboxylic acids is 1. The number of hydrogen-bond donors (Lipinski definition) is 1. The molecule has 0 aromatic heterocycles. The van der Waals surface area contributed by atoms with E-state index in [-0.39, 0.29) is 16.6 Å². The Morgan fingerprint density at radius 1 is 1.20 bits per heavy atom. The van der Waals surface area contributed by atoms with E-state index < -0.39 is 0 Å². The molecule has 0 radical (unpaired) electrons. The summed E-state index contributed by atoms with van der Waals surface area (Å²) in [4.78, 5) is 11.4. The van der Waals surface area contributed by atoms with Crippen molar-refractivity contribution in [3.05, 3.63) is 64.5 Å². The van der Waals surface area contributed by atoms with Crippen LogP contribution in [0.3, 0.4) is 0 Å². The van der Waals surface area contributed by atoms with Crippen molar-refractivity contribution >= 4 is 27.5 Å². The van der Waals surface area contributed by atoms with Crippen LogP contribution in [-0.4, -0.2) is 5.91 Å². The number of carbonyl (C=O) groups is 1. The first-order valence-corrected chi connectivity index (χ1v) is 7.29. The molecule has 2 aromatic rings. The zero-order valence-electron chi connectivity index (χ0n) is 10.9. The minimum Gasteiger partial charge on any atom is -0.326 e. The second-order valence-electron chi connectivity index (χ2n) is 5.01. The first-order valence-electron chi connectivity index (χ1n) is 6.37. The molecule has 1 N–H and O–H groups in total. The fourth-order valence-corrected chi connectivity index (χ4v) is 2.99. The lowest BCUT2D eigenvalue weighted by molar-refractivity contribution is -0.115. The largest absolute Gasteiger partial charge is 0.326 e. The maximum absolute atomic E-state index is 13.3. The van der Waals surface area contributed by atoms with Crippen molar-refractivity contribution in [2.24, 2.45) is 0 Å². The third-order valence-electron chi connectivity index (χ3n) is 3.52. The number of anilines is 1. The van der Waals surface area contributed by atoms with E-state index in [2.05, 4.69) is 21.2 Å². The van der Waals surface area contributed by atoms with Crippen molar-refractivity contribution < 1.29 is 9.18 Å². The summed E-state index contributed by atoms with van der Waals surface area (Å²) >= 11 is 3.65. The van der Waals surface area contributed by atoms with Crippen LogP contribution in [0.5, 0.6) is 0 Å². The monoisotopic (exact) mass is 333 g/mol. The van der Waals surface area contributed by atoms with E-state index in [0.29, 0.717) is 12.0 Å². The van der Waals surface area contributed by atoms with E-state index in [0.717, 1.165) is 22.4 Å². The molecule has 1 aliphatic rings. The van der Waals surface area contributed by atoms with Crippen molar-refractivity contribution in [2.45, 2.75) is 18.2 Å². The number of nitrogens with one attached hydrogen (secondary N) is 1. The molecule has 1 unspecified atom stereocenters. The number of hydrogen-bond acceptors (Lipinski definition) is 1. The van der Waals surface area contributed by atoms with Gasteiger partial charge in [0.2, 0.25) is 5.91 Å². The van der Waals surface area contributed by atoms with Gasteiger partial charge in [-0.3, -0.25) is 4.79 Å². The lowest BCUT2D eigenvalue weighted by atomic mass is 10.00. The Morgan fingerprint density at radius 3 is 2.65 bits per heavy atom. The zero-order chi connectivity index (χ0) is 14.3. The standard InChI is InChI=1S/C16H13BrFNO/c1-9-6-10(2-4-13(9)18)16(17)11-3-5-14-12(7-11)8-15(20)19-14/h2-7,16H,8H2,1H3,(H,19,20). The van der Waals surface area contributed by atoms with Gasteiger partial charge in [-0.15, -0.1) is 0 Å². The second-order valence-corrected chi connectivity index (χ2v) is 5.93. The first-order chi connectivity index (χ1) is 9.54. The molecule has 0 spiro atoms. The normalized spacial score (nSPS) is 14.8. The number of benzene rings is 2. The summed E-state index contributed by atoms with van der Waals surface area (Å²) in [5.41, 5.74) is 4.59. The third-order valence-corrected chi connectivity index (χ3v) is 4.58.